The average molecular weight is 422 g/mol. The van der Waals surface area contributed by atoms with Gasteiger partial charge in [0.15, 0.2) is 5.82 Å². The van der Waals surface area contributed by atoms with Gasteiger partial charge in [0.1, 0.15) is 5.69 Å². The Hall–Kier alpha value is -3.12. The summed E-state index contributed by atoms with van der Waals surface area (Å²) in [7, 11) is 0. The highest BCUT2D eigenvalue weighted by molar-refractivity contribution is 6.31. The van der Waals surface area contributed by atoms with Crippen molar-refractivity contribution < 1.29 is 4.79 Å². The molecule has 1 fully saturated rings. The summed E-state index contributed by atoms with van der Waals surface area (Å²) in [5, 5.41) is 6.36. The molecule has 154 valence electrons. The van der Waals surface area contributed by atoms with Crippen LogP contribution in [-0.2, 0) is 0 Å². The van der Waals surface area contributed by atoms with Gasteiger partial charge in [0, 0.05) is 47.4 Å². The van der Waals surface area contributed by atoms with Crippen LogP contribution >= 0.6 is 11.6 Å². The minimum Gasteiger partial charge on any atom is -0.355 e. The first kappa shape index (κ1) is 20.2. The van der Waals surface area contributed by atoms with Crippen LogP contribution in [0.3, 0.4) is 0 Å². The third kappa shape index (κ3) is 4.54. The van der Waals surface area contributed by atoms with Crippen molar-refractivity contribution in [3.05, 3.63) is 65.4 Å². The molecule has 2 aromatic carbocycles. The Kier molecular flexibility index (Phi) is 6.14. The van der Waals surface area contributed by atoms with E-state index < -0.39 is 0 Å². The number of nitrogens with one attached hydrogen (secondary N) is 2. The quantitative estimate of drug-likeness (QED) is 0.563. The molecule has 0 spiro atoms. The second-order valence-corrected chi connectivity index (χ2v) is 7.76. The molecule has 6 nitrogen and oxygen atoms in total. The Balaban J connectivity index is 1.53. The van der Waals surface area contributed by atoms with Crippen LogP contribution in [0.25, 0.3) is 11.3 Å². The molecule has 4 rings (SSSR count). The second-order valence-electron chi connectivity index (χ2n) is 7.35. The molecule has 0 unspecified atom stereocenters. The highest BCUT2D eigenvalue weighted by Gasteiger charge is 2.18. The van der Waals surface area contributed by atoms with E-state index in [1.54, 1.807) is 18.5 Å². The lowest BCUT2D eigenvalue weighted by atomic mass is 10.1. The Morgan fingerprint density at radius 3 is 2.60 bits per heavy atom. The summed E-state index contributed by atoms with van der Waals surface area (Å²) >= 11 is 6.14. The standard InChI is InChI=1S/C23H24ClN5O/c1-16-19(24)9-6-10-20(16)28-23(30)27-18-8-5-7-17(15-18)21-22(26-12-11-25-21)29-13-3-2-4-14-29/h5-12,15H,2-4,13-14H2,1H3,(H2,27,28,30). The van der Waals surface area contributed by atoms with E-state index in [0.717, 1.165) is 35.7 Å². The smallest absolute Gasteiger partial charge is 0.323 e. The Morgan fingerprint density at radius 1 is 1.00 bits per heavy atom. The van der Waals surface area contributed by atoms with Crippen molar-refractivity contribution in [1.82, 2.24) is 9.97 Å². The third-order valence-electron chi connectivity index (χ3n) is 5.24. The SMILES string of the molecule is Cc1c(Cl)cccc1NC(=O)Nc1cccc(-c2nccnc2N2CCCCC2)c1. The van der Waals surface area contributed by atoms with Crippen molar-refractivity contribution in [2.45, 2.75) is 26.2 Å². The molecule has 2 N–H and O–H groups in total. The van der Waals surface area contributed by atoms with Crippen molar-refractivity contribution in [2.75, 3.05) is 28.6 Å². The number of nitrogens with zero attached hydrogens (tertiary/aromatic N) is 3. The molecule has 2 heterocycles. The lowest BCUT2D eigenvalue weighted by molar-refractivity contribution is 0.262. The maximum Gasteiger partial charge on any atom is 0.323 e. The number of hydrogen-bond donors (Lipinski definition) is 2. The van der Waals surface area contributed by atoms with Crippen LogP contribution in [0.15, 0.2) is 54.9 Å². The number of carbonyl (C=O) groups excluding carboxylic acids is 1. The minimum atomic E-state index is -0.326. The third-order valence-corrected chi connectivity index (χ3v) is 5.65. The predicted octanol–water partition coefficient (Wildman–Crippen LogP) is 5.74. The molecule has 2 amide bonds. The van der Waals surface area contributed by atoms with E-state index in [1.165, 1.54) is 19.3 Å². The number of benzene rings is 2. The number of urea groups is 1. The zero-order chi connectivity index (χ0) is 20.9. The van der Waals surface area contributed by atoms with E-state index in [4.69, 9.17) is 11.6 Å². The molecule has 3 aromatic rings. The van der Waals surface area contributed by atoms with Crippen molar-refractivity contribution in [3.8, 4) is 11.3 Å². The van der Waals surface area contributed by atoms with E-state index in [9.17, 15) is 4.79 Å². The Labute approximate surface area is 181 Å². The number of piperidine rings is 1. The maximum absolute atomic E-state index is 12.5. The number of halogens is 1. The number of hydrogen-bond acceptors (Lipinski definition) is 4. The molecule has 1 aliphatic rings. The summed E-state index contributed by atoms with van der Waals surface area (Å²) in [6, 6.07) is 12.8. The number of carbonyl (C=O) groups is 1. The molecule has 0 atom stereocenters. The zero-order valence-electron chi connectivity index (χ0n) is 16.9. The van der Waals surface area contributed by atoms with Crippen molar-refractivity contribution >= 4 is 34.8 Å². The summed E-state index contributed by atoms with van der Waals surface area (Å²) in [6.07, 6.45) is 7.03. The second kappa shape index (κ2) is 9.13. The molecule has 30 heavy (non-hydrogen) atoms. The fraction of sp³-hybridized carbons (Fsp3) is 0.261. The summed E-state index contributed by atoms with van der Waals surface area (Å²) in [6.45, 7) is 3.85. The maximum atomic E-state index is 12.5. The number of amides is 2. The Morgan fingerprint density at radius 2 is 1.77 bits per heavy atom. The van der Waals surface area contributed by atoms with Crippen LogP contribution in [0.2, 0.25) is 5.02 Å². The van der Waals surface area contributed by atoms with Gasteiger partial charge < -0.3 is 15.5 Å². The molecule has 1 saturated heterocycles. The molecule has 7 heteroatoms. The van der Waals surface area contributed by atoms with Gasteiger partial charge in [-0.25, -0.2) is 9.78 Å². The first-order valence-corrected chi connectivity index (χ1v) is 10.5. The first-order valence-electron chi connectivity index (χ1n) is 10.1. The molecule has 0 aliphatic carbocycles. The largest absolute Gasteiger partial charge is 0.355 e. The average Bonchev–Trinajstić information content (AvgIpc) is 2.78. The van der Waals surface area contributed by atoms with Gasteiger partial charge in [-0.2, -0.15) is 0 Å². The lowest BCUT2D eigenvalue weighted by Crippen LogP contribution is -2.30. The van der Waals surface area contributed by atoms with Gasteiger partial charge in [-0.05, 0) is 56.0 Å². The topological polar surface area (TPSA) is 70.1 Å². The molecule has 0 radical (unpaired) electrons. The van der Waals surface area contributed by atoms with Crippen molar-refractivity contribution in [2.24, 2.45) is 0 Å². The molecular weight excluding hydrogens is 398 g/mol. The van der Waals surface area contributed by atoms with Gasteiger partial charge in [-0.15, -0.1) is 0 Å². The molecule has 1 aromatic heterocycles. The molecule has 1 aliphatic heterocycles. The van der Waals surface area contributed by atoms with Gasteiger partial charge in [-0.3, -0.25) is 4.98 Å². The van der Waals surface area contributed by atoms with Crippen LogP contribution in [-0.4, -0.2) is 29.1 Å². The van der Waals surface area contributed by atoms with Crippen molar-refractivity contribution in [3.63, 3.8) is 0 Å². The molecule has 0 bridgehead atoms. The molecular formula is C23H24ClN5O. The summed E-state index contributed by atoms with van der Waals surface area (Å²) in [4.78, 5) is 24.0. The highest BCUT2D eigenvalue weighted by atomic mass is 35.5. The fourth-order valence-corrected chi connectivity index (χ4v) is 3.82. The first-order chi connectivity index (χ1) is 14.6. The normalized spacial score (nSPS) is 13.7. The highest BCUT2D eigenvalue weighted by Crippen LogP contribution is 2.30. The predicted molar refractivity (Wildman–Crippen MR) is 122 cm³/mol. The summed E-state index contributed by atoms with van der Waals surface area (Å²) in [5.74, 6) is 0.897. The number of aromatic nitrogens is 2. The van der Waals surface area contributed by atoms with E-state index in [0.29, 0.717) is 16.4 Å². The van der Waals surface area contributed by atoms with E-state index in [-0.39, 0.29) is 6.03 Å². The van der Waals surface area contributed by atoms with E-state index in [2.05, 4.69) is 25.5 Å². The molecule has 0 saturated carbocycles. The van der Waals surface area contributed by atoms with Gasteiger partial charge in [0.25, 0.3) is 0 Å². The van der Waals surface area contributed by atoms with Crippen LogP contribution in [0, 0.1) is 6.92 Å². The van der Waals surface area contributed by atoms with Gasteiger partial charge in [-0.1, -0.05) is 29.8 Å². The van der Waals surface area contributed by atoms with E-state index >= 15 is 0 Å². The van der Waals surface area contributed by atoms with Crippen LogP contribution in [0.1, 0.15) is 24.8 Å². The summed E-state index contributed by atoms with van der Waals surface area (Å²) in [5.41, 5.74) is 3.93. The van der Waals surface area contributed by atoms with Gasteiger partial charge in [0.2, 0.25) is 0 Å². The monoisotopic (exact) mass is 421 g/mol. The fourth-order valence-electron chi connectivity index (χ4n) is 3.64. The van der Waals surface area contributed by atoms with Crippen LogP contribution < -0.4 is 15.5 Å². The summed E-state index contributed by atoms with van der Waals surface area (Å²) < 4.78 is 0. The van der Waals surface area contributed by atoms with Gasteiger partial charge >= 0.3 is 6.03 Å². The van der Waals surface area contributed by atoms with E-state index in [1.807, 2.05) is 43.3 Å². The number of anilines is 3. The lowest BCUT2D eigenvalue weighted by Gasteiger charge is -2.28. The number of rotatable bonds is 4. The van der Waals surface area contributed by atoms with Crippen LogP contribution in [0.5, 0.6) is 0 Å². The van der Waals surface area contributed by atoms with Crippen LogP contribution in [0.4, 0.5) is 22.0 Å². The van der Waals surface area contributed by atoms with Crippen molar-refractivity contribution in [1.29, 1.82) is 0 Å². The zero-order valence-corrected chi connectivity index (χ0v) is 17.6. The van der Waals surface area contributed by atoms with Gasteiger partial charge in [0.05, 0.1) is 0 Å². The minimum absolute atomic E-state index is 0.326. The Bertz CT molecular complexity index is 1050.